The van der Waals surface area contributed by atoms with Gasteiger partial charge in [0.15, 0.2) is 0 Å². The van der Waals surface area contributed by atoms with Gasteiger partial charge in [-0.2, -0.15) is 0 Å². The second kappa shape index (κ2) is 5.76. The molecule has 0 heterocycles. The third-order valence-electron chi connectivity index (χ3n) is 2.31. The fourth-order valence-corrected chi connectivity index (χ4v) is 2.49. The number of aryl methyl sites for hydroxylation is 1. The molecule has 104 valence electrons. The number of benzene rings is 1. The minimum absolute atomic E-state index is 0.138. The van der Waals surface area contributed by atoms with E-state index in [2.05, 4.69) is 4.72 Å². The summed E-state index contributed by atoms with van der Waals surface area (Å²) in [6, 6.07) is 3.37. The molecule has 0 spiro atoms. The molecule has 0 radical (unpaired) electrons. The molecule has 0 fully saturated rings. The van der Waals surface area contributed by atoms with E-state index in [0.717, 1.165) is 12.1 Å². The molecule has 8 nitrogen and oxygen atoms in total. The lowest BCUT2D eigenvalue weighted by Gasteiger charge is -2.06. The van der Waals surface area contributed by atoms with Gasteiger partial charge in [0.05, 0.1) is 16.2 Å². The van der Waals surface area contributed by atoms with E-state index in [9.17, 15) is 23.3 Å². The number of hydrogen-bond donors (Lipinski definition) is 2. The van der Waals surface area contributed by atoms with E-state index in [1.54, 1.807) is 0 Å². The molecular weight excluding hydrogens is 276 g/mol. The molecule has 0 amide bonds. The van der Waals surface area contributed by atoms with Gasteiger partial charge in [-0.1, -0.05) is 0 Å². The lowest BCUT2D eigenvalue weighted by Crippen LogP contribution is -2.26. The number of hydrogen-bond acceptors (Lipinski definition) is 5. The number of rotatable bonds is 6. The number of nitro benzene ring substituents is 1. The molecule has 1 rings (SSSR count). The highest BCUT2D eigenvalue weighted by Gasteiger charge is 2.18. The SMILES string of the molecule is Cc1cc(S(=O)(=O)NCCC(=O)O)ccc1[N+](=O)[O-]. The third-order valence-corrected chi connectivity index (χ3v) is 3.76. The summed E-state index contributed by atoms with van der Waals surface area (Å²) in [6.07, 6.45) is -0.342. The van der Waals surface area contributed by atoms with Gasteiger partial charge in [-0.15, -0.1) is 0 Å². The zero-order valence-electron chi connectivity index (χ0n) is 9.99. The Kier molecular flexibility index (Phi) is 4.57. The van der Waals surface area contributed by atoms with Crippen LogP contribution in [0.25, 0.3) is 0 Å². The summed E-state index contributed by atoms with van der Waals surface area (Å²) in [5, 5.41) is 19.0. The smallest absolute Gasteiger partial charge is 0.304 e. The monoisotopic (exact) mass is 288 g/mol. The molecule has 0 bridgehead atoms. The van der Waals surface area contributed by atoms with E-state index >= 15 is 0 Å². The van der Waals surface area contributed by atoms with Crippen molar-refractivity contribution in [2.45, 2.75) is 18.2 Å². The van der Waals surface area contributed by atoms with E-state index in [1.165, 1.54) is 13.0 Å². The second-order valence-electron chi connectivity index (χ2n) is 3.75. The second-order valence-corrected chi connectivity index (χ2v) is 5.51. The van der Waals surface area contributed by atoms with Gasteiger partial charge in [0.1, 0.15) is 0 Å². The van der Waals surface area contributed by atoms with Crippen molar-refractivity contribution in [3.63, 3.8) is 0 Å². The fraction of sp³-hybridized carbons (Fsp3) is 0.300. The van der Waals surface area contributed by atoms with E-state index in [0.29, 0.717) is 0 Å². The topological polar surface area (TPSA) is 127 Å². The average molecular weight is 288 g/mol. The van der Waals surface area contributed by atoms with E-state index in [-0.39, 0.29) is 29.1 Å². The first kappa shape index (κ1) is 15.1. The molecule has 1 aromatic rings. The van der Waals surface area contributed by atoms with E-state index < -0.39 is 20.9 Å². The lowest BCUT2D eigenvalue weighted by atomic mass is 10.2. The Morgan fingerprint density at radius 3 is 2.58 bits per heavy atom. The van der Waals surface area contributed by atoms with Gasteiger partial charge in [-0.3, -0.25) is 14.9 Å². The van der Waals surface area contributed by atoms with Crippen molar-refractivity contribution < 1.29 is 23.2 Å². The van der Waals surface area contributed by atoms with Gasteiger partial charge >= 0.3 is 5.97 Å². The van der Waals surface area contributed by atoms with Crippen molar-refractivity contribution >= 4 is 21.7 Å². The van der Waals surface area contributed by atoms with Crippen molar-refractivity contribution in [2.75, 3.05) is 6.54 Å². The van der Waals surface area contributed by atoms with Crippen LogP contribution < -0.4 is 4.72 Å². The molecule has 0 atom stereocenters. The third kappa shape index (κ3) is 4.00. The Balaban J connectivity index is 2.93. The fourth-order valence-electron chi connectivity index (χ4n) is 1.38. The molecule has 0 aromatic heterocycles. The molecule has 19 heavy (non-hydrogen) atoms. The largest absolute Gasteiger partial charge is 0.481 e. The summed E-state index contributed by atoms with van der Waals surface area (Å²) in [5.41, 5.74) is 0.0376. The first-order valence-corrected chi connectivity index (χ1v) is 6.69. The molecule has 0 aliphatic heterocycles. The summed E-state index contributed by atoms with van der Waals surface area (Å²) in [6.45, 7) is 1.18. The highest BCUT2D eigenvalue weighted by atomic mass is 32.2. The van der Waals surface area contributed by atoms with Gasteiger partial charge in [0, 0.05) is 18.2 Å². The molecule has 1 aromatic carbocycles. The van der Waals surface area contributed by atoms with Crippen LogP contribution in [0.4, 0.5) is 5.69 Å². The van der Waals surface area contributed by atoms with Gasteiger partial charge in [-0.05, 0) is 19.1 Å². The van der Waals surface area contributed by atoms with E-state index in [1.807, 2.05) is 0 Å². The minimum Gasteiger partial charge on any atom is -0.481 e. The number of nitrogens with zero attached hydrogens (tertiary/aromatic N) is 1. The molecule has 2 N–H and O–H groups in total. The lowest BCUT2D eigenvalue weighted by molar-refractivity contribution is -0.385. The van der Waals surface area contributed by atoms with Gasteiger partial charge in [0.25, 0.3) is 5.69 Å². The van der Waals surface area contributed by atoms with Crippen LogP contribution in [-0.2, 0) is 14.8 Å². The van der Waals surface area contributed by atoms with Crippen molar-refractivity contribution in [3.8, 4) is 0 Å². The first-order valence-electron chi connectivity index (χ1n) is 5.20. The Morgan fingerprint density at radius 2 is 2.11 bits per heavy atom. The molecule has 0 saturated carbocycles. The summed E-state index contributed by atoms with van der Waals surface area (Å²) in [7, 11) is -3.86. The maximum atomic E-state index is 11.8. The normalized spacial score (nSPS) is 11.2. The van der Waals surface area contributed by atoms with Crippen molar-refractivity contribution in [2.24, 2.45) is 0 Å². The maximum Gasteiger partial charge on any atom is 0.304 e. The van der Waals surface area contributed by atoms with Crippen LogP contribution in [0.15, 0.2) is 23.1 Å². The molecule has 0 aliphatic carbocycles. The Morgan fingerprint density at radius 1 is 1.47 bits per heavy atom. The van der Waals surface area contributed by atoms with Crippen LogP contribution in [0.3, 0.4) is 0 Å². The number of sulfonamides is 1. The number of nitro groups is 1. The standard InChI is InChI=1S/C10H12N2O6S/c1-7-6-8(2-3-9(7)12(15)16)19(17,18)11-5-4-10(13)14/h2-3,6,11H,4-5H2,1H3,(H,13,14). The number of carboxylic acids is 1. The zero-order valence-corrected chi connectivity index (χ0v) is 10.8. The van der Waals surface area contributed by atoms with Crippen LogP contribution in [-0.4, -0.2) is 31.0 Å². The summed E-state index contributed by atoms with van der Waals surface area (Å²) in [4.78, 5) is 20.1. The number of nitrogens with one attached hydrogen (secondary N) is 1. The zero-order chi connectivity index (χ0) is 14.6. The Bertz CT molecular complexity index is 610. The van der Waals surface area contributed by atoms with Crippen LogP contribution in [0.2, 0.25) is 0 Å². The minimum atomic E-state index is -3.86. The van der Waals surface area contributed by atoms with Gasteiger partial charge in [0.2, 0.25) is 10.0 Å². The van der Waals surface area contributed by atoms with Crippen LogP contribution in [0.5, 0.6) is 0 Å². The first-order chi connectivity index (χ1) is 8.74. The molecular formula is C10H12N2O6S. The number of carbonyl (C=O) groups is 1. The molecule has 0 unspecified atom stereocenters. The summed E-state index contributed by atoms with van der Waals surface area (Å²) < 4.78 is 25.7. The van der Waals surface area contributed by atoms with Gasteiger partial charge < -0.3 is 5.11 Å². The predicted octanol–water partition coefficient (Wildman–Crippen LogP) is 0.656. The van der Waals surface area contributed by atoms with Crippen molar-refractivity contribution in [1.29, 1.82) is 0 Å². The highest BCUT2D eigenvalue weighted by molar-refractivity contribution is 7.89. The van der Waals surface area contributed by atoms with Crippen molar-refractivity contribution in [3.05, 3.63) is 33.9 Å². The Hall–Kier alpha value is -2.00. The Labute approximate surface area is 109 Å². The number of carboxylic acid groups (broad SMARTS) is 1. The molecule has 9 heteroatoms. The quantitative estimate of drug-likeness (QED) is 0.584. The van der Waals surface area contributed by atoms with Gasteiger partial charge in [-0.25, -0.2) is 13.1 Å². The average Bonchev–Trinajstić information content (AvgIpc) is 2.27. The van der Waals surface area contributed by atoms with Crippen LogP contribution >= 0.6 is 0 Å². The van der Waals surface area contributed by atoms with Crippen molar-refractivity contribution in [1.82, 2.24) is 4.72 Å². The molecule has 0 saturated heterocycles. The summed E-state index contributed by atoms with van der Waals surface area (Å²) in [5.74, 6) is -1.12. The predicted molar refractivity (Wildman–Crippen MR) is 65.3 cm³/mol. The summed E-state index contributed by atoms with van der Waals surface area (Å²) >= 11 is 0. The maximum absolute atomic E-state index is 11.8. The highest BCUT2D eigenvalue weighted by Crippen LogP contribution is 2.21. The number of aliphatic carboxylic acids is 1. The van der Waals surface area contributed by atoms with Crippen LogP contribution in [0.1, 0.15) is 12.0 Å². The molecule has 0 aliphatic rings. The van der Waals surface area contributed by atoms with E-state index in [4.69, 9.17) is 5.11 Å². The van der Waals surface area contributed by atoms with Crippen LogP contribution in [0, 0.1) is 17.0 Å².